The fourth-order valence-electron chi connectivity index (χ4n) is 2.37. The van der Waals surface area contributed by atoms with Crippen LogP contribution in [0.25, 0.3) is 11.1 Å². The number of aromatic nitrogens is 1. The van der Waals surface area contributed by atoms with Gasteiger partial charge in [0.15, 0.2) is 5.82 Å². The Morgan fingerprint density at radius 1 is 1.17 bits per heavy atom. The molecule has 8 heteroatoms. The number of anilines is 2. The first-order valence-electron chi connectivity index (χ1n) is 7.09. The van der Waals surface area contributed by atoms with Crippen molar-refractivity contribution in [2.24, 2.45) is 0 Å². The average molecular weight is 337 g/mol. The quantitative estimate of drug-likeness (QED) is 0.921. The van der Waals surface area contributed by atoms with Gasteiger partial charge in [0.1, 0.15) is 17.8 Å². The summed E-state index contributed by atoms with van der Waals surface area (Å²) in [5, 5.41) is 1.54. The van der Waals surface area contributed by atoms with E-state index in [1.807, 2.05) is 13.0 Å². The molecule has 1 aliphatic heterocycles. The molecular formula is C16H14F3N3O2. The minimum absolute atomic E-state index is 0.0244. The summed E-state index contributed by atoms with van der Waals surface area (Å²) in [6.07, 6.45) is -1.43. The number of hydrogen-bond donors (Lipinski definition) is 1. The summed E-state index contributed by atoms with van der Waals surface area (Å²) in [7, 11) is 0. The van der Waals surface area contributed by atoms with Crippen molar-refractivity contribution >= 4 is 11.6 Å². The van der Waals surface area contributed by atoms with Crippen LogP contribution in [0, 0.1) is 0 Å². The second-order valence-corrected chi connectivity index (χ2v) is 5.15. The highest BCUT2D eigenvalue weighted by Crippen LogP contribution is 2.37. The standard InChI is InChI=1S/C16H14F3N3O2/c1-10-8-9-23-22(10)14-7-6-12(15(20)21-14)11-4-2-3-5-13(11)24-16(17,18)19/h2-10H,1H3,(H2,20,21). The summed E-state index contributed by atoms with van der Waals surface area (Å²) in [5.41, 5.74) is 6.50. The van der Waals surface area contributed by atoms with E-state index in [1.54, 1.807) is 18.2 Å². The zero-order valence-corrected chi connectivity index (χ0v) is 12.6. The number of nitrogens with two attached hydrogens (primary N) is 1. The van der Waals surface area contributed by atoms with Crippen molar-refractivity contribution in [3.05, 3.63) is 48.7 Å². The molecule has 24 heavy (non-hydrogen) atoms. The lowest BCUT2D eigenvalue weighted by Crippen LogP contribution is -2.26. The van der Waals surface area contributed by atoms with Gasteiger partial charge in [-0.25, -0.2) is 4.98 Å². The van der Waals surface area contributed by atoms with Crippen LogP contribution in [0.5, 0.6) is 5.75 Å². The molecule has 1 atom stereocenters. The molecule has 0 amide bonds. The minimum Gasteiger partial charge on any atom is -0.405 e. The first-order chi connectivity index (χ1) is 11.3. The Morgan fingerprint density at radius 3 is 2.54 bits per heavy atom. The van der Waals surface area contributed by atoms with Gasteiger partial charge in [0.05, 0.1) is 6.04 Å². The number of para-hydroxylation sites is 1. The van der Waals surface area contributed by atoms with E-state index in [0.717, 1.165) is 0 Å². The molecule has 2 aromatic rings. The summed E-state index contributed by atoms with van der Waals surface area (Å²) in [4.78, 5) is 9.52. The Labute approximate surface area is 136 Å². The molecule has 0 fully saturated rings. The van der Waals surface area contributed by atoms with E-state index in [2.05, 4.69) is 9.72 Å². The number of hydroxylamine groups is 1. The second kappa shape index (κ2) is 5.95. The van der Waals surface area contributed by atoms with Crippen LogP contribution in [0.4, 0.5) is 24.8 Å². The molecule has 5 nitrogen and oxygen atoms in total. The Bertz CT molecular complexity index is 777. The monoisotopic (exact) mass is 337 g/mol. The molecule has 0 saturated carbocycles. The lowest BCUT2D eigenvalue weighted by molar-refractivity contribution is -0.274. The van der Waals surface area contributed by atoms with Crippen molar-refractivity contribution in [3.63, 3.8) is 0 Å². The molecule has 1 aliphatic rings. The van der Waals surface area contributed by atoms with E-state index in [0.29, 0.717) is 11.4 Å². The lowest BCUT2D eigenvalue weighted by Gasteiger charge is -2.21. The van der Waals surface area contributed by atoms with E-state index < -0.39 is 6.36 Å². The normalized spacial score (nSPS) is 17.0. The largest absolute Gasteiger partial charge is 0.573 e. The van der Waals surface area contributed by atoms with Gasteiger partial charge in [-0.05, 0) is 31.2 Å². The van der Waals surface area contributed by atoms with Crippen molar-refractivity contribution in [1.29, 1.82) is 0 Å². The molecule has 2 N–H and O–H groups in total. The van der Waals surface area contributed by atoms with Crippen LogP contribution in [0.15, 0.2) is 48.7 Å². The van der Waals surface area contributed by atoms with E-state index in [1.165, 1.54) is 29.5 Å². The van der Waals surface area contributed by atoms with E-state index in [4.69, 9.17) is 10.6 Å². The smallest absolute Gasteiger partial charge is 0.405 e. The van der Waals surface area contributed by atoms with Crippen molar-refractivity contribution in [1.82, 2.24) is 4.98 Å². The highest BCUT2D eigenvalue weighted by atomic mass is 19.4. The van der Waals surface area contributed by atoms with Gasteiger partial charge in [-0.2, -0.15) is 5.06 Å². The second-order valence-electron chi connectivity index (χ2n) is 5.15. The van der Waals surface area contributed by atoms with Gasteiger partial charge in [0.25, 0.3) is 0 Å². The Morgan fingerprint density at radius 2 is 1.92 bits per heavy atom. The van der Waals surface area contributed by atoms with Crippen LogP contribution in [-0.2, 0) is 4.84 Å². The molecule has 0 saturated heterocycles. The number of nitrogens with zero attached hydrogens (tertiary/aromatic N) is 2. The molecule has 0 spiro atoms. The maximum atomic E-state index is 12.5. The number of halogens is 3. The summed E-state index contributed by atoms with van der Waals surface area (Å²) < 4.78 is 41.7. The van der Waals surface area contributed by atoms with Crippen LogP contribution >= 0.6 is 0 Å². The first-order valence-corrected chi connectivity index (χ1v) is 7.09. The number of ether oxygens (including phenoxy) is 1. The molecule has 2 heterocycles. The van der Waals surface area contributed by atoms with Gasteiger partial charge >= 0.3 is 6.36 Å². The first kappa shape index (κ1) is 16.0. The van der Waals surface area contributed by atoms with Gasteiger partial charge in [-0.1, -0.05) is 18.2 Å². The van der Waals surface area contributed by atoms with Crippen LogP contribution < -0.4 is 15.5 Å². The molecule has 126 valence electrons. The predicted molar refractivity (Wildman–Crippen MR) is 82.9 cm³/mol. The summed E-state index contributed by atoms with van der Waals surface area (Å²) in [5.74, 6) is 0.204. The topological polar surface area (TPSA) is 60.6 Å². The van der Waals surface area contributed by atoms with E-state index in [9.17, 15) is 13.2 Å². The van der Waals surface area contributed by atoms with Crippen LogP contribution in [0.2, 0.25) is 0 Å². The van der Waals surface area contributed by atoms with Gasteiger partial charge in [-0.3, -0.25) is 0 Å². The number of nitrogen functional groups attached to an aromatic ring is 1. The van der Waals surface area contributed by atoms with Gasteiger partial charge < -0.3 is 15.3 Å². The molecule has 0 aliphatic carbocycles. The third-order valence-electron chi connectivity index (χ3n) is 3.44. The summed E-state index contributed by atoms with van der Waals surface area (Å²) in [6.45, 7) is 1.90. The Hall–Kier alpha value is -2.90. The van der Waals surface area contributed by atoms with Crippen LogP contribution in [-0.4, -0.2) is 17.4 Å². The lowest BCUT2D eigenvalue weighted by atomic mass is 10.1. The zero-order chi connectivity index (χ0) is 17.3. The Kier molecular flexibility index (Phi) is 3.96. The van der Waals surface area contributed by atoms with Crippen molar-refractivity contribution in [3.8, 4) is 16.9 Å². The van der Waals surface area contributed by atoms with E-state index in [-0.39, 0.29) is 23.2 Å². The van der Waals surface area contributed by atoms with Crippen molar-refractivity contribution in [2.75, 3.05) is 10.8 Å². The van der Waals surface area contributed by atoms with Gasteiger partial charge in [0, 0.05) is 11.1 Å². The average Bonchev–Trinajstić information content (AvgIpc) is 2.93. The molecule has 3 rings (SSSR count). The Balaban J connectivity index is 1.96. The third kappa shape index (κ3) is 3.22. The molecule has 0 bridgehead atoms. The molecule has 0 radical (unpaired) electrons. The maximum Gasteiger partial charge on any atom is 0.573 e. The number of benzene rings is 1. The minimum atomic E-state index is -4.79. The number of hydrogen-bond acceptors (Lipinski definition) is 5. The molecule has 1 aromatic carbocycles. The van der Waals surface area contributed by atoms with Gasteiger partial charge in [-0.15, -0.1) is 13.2 Å². The zero-order valence-electron chi connectivity index (χ0n) is 12.6. The highest BCUT2D eigenvalue weighted by Gasteiger charge is 2.32. The highest BCUT2D eigenvalue weighted by molar-refractivity contribution is 5.79. The number of rotatable bonds is 3. The van der Waals surface area contributed by atoms with Crippen molar-refractivity contribution in [2.45, 2.75) is 19.3 Å². The predicted octanol–water partition coefficient (Wildman–Crippen LogP) is 3.88. The SMILES string of the molecule is CC1C=CON1c1ccc(-c2ccccc2OC(F)(F)F)c(N)n1. The number of alkyl halides is 3. The summed E-state index contributed by atoms with van der Waals surface area (Å²) in [6, 6.07) is 8.96. The number of pyridine rings is 1. The third-order valence-corrected chi connectivity index (χ3v) is 3.44. The van der Waals surface area contributed by atoms with Crippen LogP contribution in [0.1, 0.15) is 6.92 Å². The van der Waals surface area contributed by atoms with E-state index >= 15 is 0 Å². The summed E-state index contributed by atoms with van der Waals surface area (Å²) >= 11 is 0. The fourth-order valence-corrected chi connectivity index (χ4v) is 2.37. The molecule has 1 unspecified atom stereocenters. The van der Waals surface area contributed by atoms with Crippen molar-refractivity contribution < 1.29 is 22.7 Å². The molecule has 1 aromatic heterocycles. The maximum absolute atomic E-state index is 12.5. The van der Waals surface area contributed by atoms with Crippen LogP contribution in [0.3, 0.4) is 0 Å². The molecular weight excluding hydrogens is 323 g/mol. The fraction of sp³-hybridized carbons (Fsp3) is 0.188. The van der Waals surface area contributed by atoms with Gasteiger partial charge in [0.2, 0.25) is 0 Å².